The van der Waals surface area contributed by atoms with Gasteiger partial charge in [0.15, 0.2) is 5.76 Å². The standard InChI is InChI=1S/C18H26N4O3/c1-13-16-6-5-7-21(16)8-9-22(13)17(23)19-11-14-10-15(25-20-14)12-24-18(2,3)4/h5-7,10,13H,8-9,11-12H2,1-4H3,(H,19,23). The van der Waals surface area contributed by atoms with Crippen LogP contribution in [0.4, 0.5) is 4.79 Å². The maximum atomic E-state index is 12.5. The molecule has 0 spiro atoms. The Hall–Kier alpha value is -2.28. The van der Waals surface area contributed by atoms with Crippen LogP contribution in [0.15, 0.2) is 28.9 Å². The average molecular weight is 346 g/mol. The smallest absolute Gasteiger partial charge is 0.318 e. The van der Waals surface area contributed by atoms with Crippen LogP contribution in [-0.2, 0) is 24.4 Å². The van der Waals surface area contributed by atoms with Crippen LogP contribution >= 0.6 is 0 Å². The zero-order valence-corrected chi connectivity index (χ0v) is 15.3. The third kappa shape index (κ3) is 4.22. The van der Waals surface area contributed by atoms with E-state index < -0.39 is 0 Å². The molecule has 2 amide bonds. The Morgan fingerprint density at radius 3 is 3.00 bits per heavy atom. The lowest BCUT2D eigenvalue weighted by molar-refractivity contribution is -0.0241. The molecular formula is C18H26N4O3. The van der Waals surface area contributed by atoms with Crippen molar-refractivity contribution >= 4 is 6.03 Å². The highest BCUT2D eigenvalue weighted by Gasteiger charge is 2.27. The zero-order valence-electron chi connectivity index (χ0n) is 15.3. The van der Waals surface area contributed by atoms with Gasteiger partial charge in [0, 0.05) is 31.0 Å². The maximum absolute atomic E-state index is 12.5. The van der Waals surface area contributed by atoms with Gasteiger partial charge in [-0.15, -0.1) is 0 Å². The number of carbonyl (C=O) groups excluding carboxylic acids is 1. The Morgan fingerprint density at radius 2 is 2.24 bits per heavy atom. The predicted octanol–water partition coefficient (Wildman–Crippen LogP) is 3.08. The first-order chi connectivity index (χ1) is 11.8. The van der Waals surface area contributed by atoms with Gasteiger partial charge in [0.2, 0.25) is 0 Å². The summed E-state index contributed by atoms with van der Waals surface area (Å²) in [6, 6.07) is 5.86. The molecule has 0 aromatic carbocycles. The van der Waals surface area contributed by atoms with E-state index in [9.17, 15) is 4.79 Å². The van der Waals surface area contributed by atoms with Gasteiger partial charge in [-0.3, -0.25) is 0 Å². The third-order valence-electron chi connectivity index (χ3n) is 4.28. The second-order valence-corrected chi connectivity index (χ2v) is 7.34. The molecule has 3 rings (SSSR count). The van der Waals surface area contributed by atoms with Crippen molar-refractivity contribution in [2.24, 2.45) is 0 Å². The van der Waals surface area contributed by atoms with E-state index in [1.54, 1.807) is 0 Å². The third-order valence-corrected chi connectivity index (χ3v) is 4.28. The molecule has 0 radical (unpaired) electrons. The fraction of sp³-hybridized carbons (Fsp3) is 0.556. The first kappa shape index (κ1) is 17.5. The van der Waals surface area contributed by atoms with Gasteiger partial charge in [0.25, 0.3) is 0 Å². The molecule has 0 saturated heterocycles. The Bertz CT molecular complexity index is 729. The summed E-state index contributed by atoms with van der Waals surface area (Å²) in [5, 5.41) is 6.91. The van der Waals surface area contributed by atoms with Gasteiger partial charge < -0.3 is 24.0 Å². The molecule has 3 heterocycles. The fourth-order valence-electron chi connectivity index (χ4n) is 2.92. The van der Waals surface area contributed by atoms with Crippen molar-refractivity contribution in [3.05, 3.63) is 41.5 Å². The van der Waals surface area contributed by atoms with E-state index in [0.717, 1.165) is 12.2 Å². The first-order valence-electron chi connectivity index (χ1n) is 8.61. The van der Waals surface area contributed by atoms with Crippen molar-refractivity contribution in [1.82, 2.24) is 19.9 Å². The molecule has 2 aromatic rings. The van der Waals surface area contributed by atoms with Gasteiger partial charge in [-0.1, -0.05) is 5.16 Å². The van der Waals surface area contributed by atoms with Crippen molar-refractivity contribution in [3.63, 3.8) is 0 Å². The molecule has 0 fully saturated rings. The number of rotatable bonds is 4. The normalized spacial score (nSPS) is 17.4. The molecule has 1 N–H and O–H groups in total. The number of amides is 2. The predicted molar refractivity (Wildman–Crippen MR) is 92.8 cm³/mol. The number of fused-ring (bicyclic) bond motifs is 1. The summed E-state index contributed by atoms with van der Waals surface area (Å²) >= 11 is 0. The van der Waals surface area contributed by atoms with Crippen LogP contribution in [0.5, 0.6) is 0 Å². The van der Waals surface area contributed by atoms with Crippen LogP contribution in [0, 0.1) is 0 Å². The van der Waals surface area contributed by atoms with E-state index in [-0.39, 0.29) is 17.7 Å². The van der Waals surface area contributed by atoms with Crippen LogP contribution in [0.3, 0.4) is 0 Å². The number of nitrogens with one attached hydrogen (secondary N) is 1. The maximum Gasteiger partial charge on any atom is 0.318 e. The molecule has 1 atom stereocenters. The molecular weight excluding hydrogens is 320 g/mol. The summed E-state index contributed by atoms with van der Waals surface area (Å²) in [5.41, 5.74) is 1.61. The van der Waals surface area contributed by atoms with Crippen molar-refractivity contribution in [2.45, 2.75) is 59.0 Å². The molecule has 25 heavy (non-hydrogen) atoms. The van der Waals surface area contributed by atoms with Crippen LogP contribution in [0.2, 0.25) is 0 Å². The highest BCUT2D eigenvalue weighted by atomic mass is 16.5. The topological polar surface area (TPSA) is 72.5 Å². The second kappa shape index (κ2) is 6.92. The number of ether oxygens (including phenoxy) is 1. The number of hydrogen-bond acceptors (Lipinski definition) is 4. The van der Waals surface area contributed by atoms with Gasteiger partial charge >= 0.3 is 6.03 Å². The number of carbonyl (C=O) groups is 1. The van der Waals surface area contributed by atoms with Crippen LogP contribution in [0.25, 0.3) is 0 Å². The van der Waals surface area contributed by atoms with Gasteiger partial charge in [-0.2, -0.15) is 0 Å². The lowest BCUT2D eigenvalue weighted by Gasteiger charge is -2.34. The monoisotopic (exact) mass is 346 g/mol. The van der Waals surface area contributed by atoms with Gasteiger partial charge in [0.05, 0.1) is 18.2 Å². The molecule has 136 valence electrons. The van der Waals surface area contributed by atoms with Crippen molar-refractivity contribution in [3.8, 4) is 0 Å². The Labute approximate surface area is 147 Å². The molecule has 1 aliphatic rings. The van der Waals surface area contributed by atoms with Crippen LogP contribution < -0.4 is 5.32 Å². The number of aromatic nitrogens is 2. The average Bonchev–Trinajstić information content (AvgIpc) is 3.20. The van der Waals surface area contributed by atoms with E-state index in [0.29, 0.717) is 31.2 Å². The number of nitrogens with zero attached hydrogens (tertiary/aromatic N) is 3. The molecule has 7 nitrogen and oxygen atoms in total. The molecule has 0 aliphatic carbocycles. The summed E-state index contributed by atoms with van der Waals surface area (Å²) in [6.45, 7) is 10.2. The first-order valence-corrected chi connectivity index (χ1v) is 8.61. The minimum Gasteiger partial charge on any atom is -0.368 e. The Kier molecular flexibility index (Phi) is 4.85. The molecule has 1 aliphatic heterocycles. The van der Waals surface area contributed by atoms with E-state index in [2.05, 4.69) is 27.3 Å². The molecule has 0 bridgehead atoms. The van der Waals surface area contributed by atoms with E-state index >= 15 is 0 Å². The molecule has 2 aromatic heterocycles. The minimum absolute atomic E-state index is 0.0526. The molecule has 7 heteroatoms. The minimum atomic E-state index is -0.233. The van der Waals surface area contributed by atoms with Crippen molar-refractivity contribution in [1.29, 1.82) is 0 Å². The van der Waals surface area contributed by atoms with Crippen molar-refractivity contribution in [2.75, 3.05) is 6.54 Å². The fourth-order valence-corrected chi connectivity index (χ4v) is 2.92. The second-order valence-electron chi connectivity index (χ2n) is 7.34. The quantitative estimate of drug-likeness (QED) is 0.923. The molecule has 1 unspecified atom stereocenters. The highest BCUT2D eigenvalue weighted by Crippen LogP contribution is 2.25. The van der Waals surface area contributed by atoms with E-state index in [1.807, 2.05) is 44.7 Å². The molecule has 0 saturated carbocycles. The van der Waals surface area contributed by atoms with Gasteiger partial charge in [-0.05, 0) is 39.8 Å². The summed E-state index contributed by atoms with van der Waals surface area (Å²) < 4.78 is 13.1. The summed E-state index contributed by atoms with van der Waals surface area (Å²) in [6.07, 6.45) is 2.05. The summed E-state index contributed by atoms with van der Waals surface area (Å²) in [5.74, 6) is 0.656. The van der Waals surface area contributed by atoms with Crippen LogP contribution in [-0.4, -0.2) is 32.8 Å². The summed E-state index contributed by atoms with van der Waals surface area (Å²) in [4.78, 5) is 14.3. The lowest BCUT2D eigenvalue weighted by atomic mass is 10.1. The Balaban J connectivity index is 1.52. The van der Waals surface area contributed by atoms with Gasteiger partial charge in [-0.25, -0.2) is 4.79 Å². The van der Waals surface area contributed by atoms with Crippen molar-refractivity contribution < 1.29 is 14.1 Å². The number of urea groups is 1. The van der Waals surface area contributed by atoms with Crippen LogP contribution in [0.1, 0.15) is 50.9 Å². The lowest BCUT2D eigenvalue weighted by Crippen LogP contribution is -2.45. The summed E-state index contributed by atoms with van der Waals surface area (Å²) in [7, 11) is 0. The van der Waals surface area contributed by atoms with Gasteiger partial charge in [0.1, 0.15) is 12.3 Å². The SMILES string of the molecule is CC1c2cccn2CCN1C(=O)NCc1cc(COC(C)(C)C)on1. The van der Waals surface area contributed by atoms with E-state index in [1.165, 1.54) is 0 Å². The van der Waals surface area contributed by atoms with E-state index in [4.69, 9.17) is 9.26 Å². The zero-order chi connectivity index (χ0) is 18.0. The number of hydrogen-bond donors (Lipinski definition) is 1. The Morgan fingerprint density at radius 1 is 1.44 bits per heavy atom. The highest BCUT2D eigenvalue weighted by molar-refractivity contribution is 5.74. The largest absolute Gasteiger partial charge is 0.368 e.